The molecule has 1 saturated carbocycles. The van der Waals surface area contributed by atoms with Gasteiger partial charge in [0, 0.05) is 23.5 Å². The molecule has 1 aliphatic carbocycles. The summed E-state index contributed by atoms with van der Waals surface area (Å²) >= 11 is 12.0. The van der Waals surface area contributed by atoms with Gasteiger partial charge in [0.2, 0.25) is 0 Å². The van der Waals surface area contributed by atoms with Crippen LogP contribution in [0.1, 0.15) is 18.4 Å². The van der Waals surface area contributed by atoms with E-state index in [1.807, 2.05) is 7.05 Å². The molecule has 0 radical (unpaired) electrons. The summed E-state index contributed by atoms with van der Waals surface area (Å²) in [5.74, 6) is 0.442. The molecule has 0 atom stereocenters. The summed E-state index contributed by atoms with van der Waals surface area (Å²) in [7, 11) is 2.03. The molecule has 1 aromatic carbocycles. The van der Waals surface area contributed by atoms with Crippen LogP contribution in [0.4, 0.5) is 4.39 Å². The van der Waals surface area contributed by atoms with E-state index in [9.17, 15) is 4.39 Å². The van der Waals surface area contributed by atoms with Crippen LogP contribution >= 0.6 is 23.2 Å². The smallest absolute Gasteiger partial charge is 0.123 e. The summed E-state index contributed by atoms with van der Waals surface area (Å²) in [6, 6.07) is 4.50. The lowest BCUT2D eigenvalue weighted by Crippen LogP contribution is -2.34. The Kier molecular flexibility index (Phi) is 4.29. The maximum atomic E-state index is 13.1. The van der Waals surface area contributed by atoms with Crippen LogP contribution in [-0.2, 0) is 6.54 Å². The van der Waals surface area contributed by atoms with Crippen LogP contribution in [0.2, 0.25) is 5.02 Å². The number of hydrogen-bond donors (Lipinski definition) is 0. The number of halogens is 3. The molecule has 1 aliphatic rings. The second-order valence-corrected chi connectivity index (χ2v) is 5.89. The first-order chi connectivity index (χ1) is 8.04. The third kappa shape index (κ3) is 3.57. The van der Waals surface area contributed by atoms with Crippen molar-refractivity contribution in [3.05, 3.63) is 34.6 Å². The summed E-state index contributed by atoms with van der Waals surface area (Å²) in [6.45, 7) is 1.68. The molecule has 4 heteroatoms. The van der Waals surface area contributed by atoms with Gasteiger partial charge in [-0.05, 0) is 49.6 Å². The lowest BCUT2D eigenvalue weighted by molar-refractivity contribution is 0.204. The Balaban J connectivity index is 1.89. The highest BCUT2D eigenvalue weighted by atomic mass is 35.5. The van der Waals surface area contributed by atoms with E-state index in [0.29, 0.717) is 22.9 Å². The molecular weight excluding hydrogens is 260 g/mol. The van der Waals surface area contributed by atoms with Crippen LogP contribution in [-0.4, -0.2) is 23.9 Å². The highest BCUT2D eigenvalue weighted by Gasteiger charge is 2.27. The van der Waals surface area contributed by atoms with Crippen LogP contribution in [0, 0.1) is 11.7 Å². The van der Waals surface area contributed by atoms with E-state index in [1.165, 1.54) is 12.1 Å². The molecule has 94 valence electrons. The molecule has 17 heavy (non-hydrogen) atoms. The number of benzene rings is 1. The number of hydrogen-bond acceptors (Lipinski definition) is 1. The van der Waals surface area contributed by atoms with Crippen molar-refractivity contribution in [2.75, 3.05) is 13.6 Å². The van der Waals surface area contributed by atoms with Crippen LogP contribution in [0.3, 0.4) is 0 Å². The molecule has 0 bridgehead atoms. The maximum Gasteiger partial charge on any atom is 0.123 e. The number of rotatable bonds is 4. The molecule has 0 aromatic heterocycles. The molecule has 0 unspecified atom stereocenters. The maximum absolute atomic E-state index is 13.1. The van der Waals surface area contributed by atoms with Gasteiger partial charge < -0.3 is 4.90 Å². The van der Waals surface area contributed by atoms with Crippen LogP contribution < -0.4 is 0 Å². The van der Waals surface area contributed by atoms with Crippen molar-refractivity contribution in [2.24, 2.45) is 5.92 Å². The lowest BCUT2D eigenvalue weighted by atomic mass is 9.84. The van der Waals surface area contributed by atoms with Crippen LogP contribution in [0.5, 0.6) is 0 Å². The van der Waals surface area contributed by atoms with Crippen molar-refractivity contribution in [3.8, 4) is 0 Å². The van der Waals surface area contributed by atoms with Crippen molar-refractivity contribution in [1.82, 2.24) is 4.90 Å². The Hall–Kier alpha value is -0.310. The van der Waals surface area contributed by atoms with Gasteiger partial charge in [-0.15, -0.1) is 11.6 Å². The van der Waals surface area contributed by atoms with E-state index < -0.39 is 0 Å². The van der Waals surface area contributed by atoms with Crippen molar-refractivity contribution in [3.63, 3.8) is 0 Å². The Labute approximate surface area is 112 Å². The molecule has 0 heterocycles. The minimum Gasteiger partial charge on any atom is -0.302 e. The summed E-state index contributed by atoms with van der Waals surface area (Å²) in [6.07, 6.45) is 2.17. The predicted molar refractivity (Wildman–Crippen MR) is 70.1 cm³/mol. The monoisotopic (exact) mass is 275 g/mol. The fourth-order valence-corrected chi connectivity index (χ4v) is 2.95. The third-order valence-corrected chi connectivity index (χ3v) is 3.92. The van der Waals surface area contributed by atoms with E-state index in [-0.39, 0.29) is 5.82 Å². The fourth-order valence-electron chi connectivity index (χ4n) is 2.26. The van der Waals surface area contributed by atoms with Gasteiger partial charge in [-0.25, -0.2) is 4.39 Å². The standard InChI is InChI=1S/C13H16Cl2FN/c1-17(7-9-4-11(14)5-9)8-10-6-12(16)2-3-13(10)15/h2-3,6,9,11H,4-5,7-8H2,1H3. The van der Waals surface area contributed by atoms with E-state index in [0.717, 1.165) is 24.9 Å². The molecular formula is C13H16Cl2FN. The Morgan fingerprint density at radius 1 is 1.41 bits per heavy atom. The molecule has 0 saturated heterocycles. The topological polar surface area (TPSA) is 3.24 Å². The summed E-state index contributed by atoms with van der Waals surface area (Å²) in [5.41, 5.74) is 0.843. The molecule has 0 spiro atoms. The minimum atomic E-state index is -0.234. The van der Waals surface area contributed by atoms with Gasteiger partial charge in [-0.1, -0.05) is 11.6 Å². The molecule has 1 aromatic rings. The quantitative estimate of drug-likeness (QED) is 0.753. The second kappa shape index (κ2) is 5.55. The molecule has 2 rings (SSSR count). The normalized spacial score (nSPS) is 23.8. The third-order valence-electron chi connectivity index (χ3n) is 3.20. The largest absolute Gasteiger partial charge is 0.302 e. The molecule has 1 fully saturated rings. The average Bonchev–Trinajstić information content (AvgIpc) is 2.21. The zero-order valence-electron chi connectivity index (χ0n) is 9.80. The fraction of sp³-hybridized carbons (Fsp3) is 0.538. The highest BCUT2D eigenvalue weighted by molar-refractivity contribution is 6.31. The molecule has 1 nitrogen and oxygen atoms in total. The van der Waals surface area contributed by atoms with Crippen LogP contribution in [0.15, 0.2) is 18.2 Å². The number of nitrogens with zero attached hydrogens (tertiary/aromatic N) is 1. The summed E-state index contributed by atoms with van der Waals surface area (Å²) in [4.78, 5) is 2.17. The van der Waals surface area contributed by atoms with Gasteiger partial charge in [-0.3, -0.25) is 0 Å². The van der Waals surface area contributed by atoms with Gasteiger partial charge in [0.25, 0.3) is 0 Å². The Bertz CT molecular complexity index is 391. The highest BCUT2D eigenvalue weighted by Crippen LogP contribution is 2.32. The molecule has 0 aliphatic heterocycles. The van der Waals surface area contributed by atoms with Gasteiger partial charge in [0.1, 0.15) is 5.82 Å². The van der Waals surface area contributed by atoms with Crippen LogP contribution in [0.25, 0.3) is 0 Å². The van der Waals surface area contributed by atoms with E-state index in [2.05, 4.69) is 4.90 Å². The molecule has 0 N–H and O–H groups in total. The minimum absolute atomic E-state index is 0.234. The lowest BCUT2D eigenvalue weighted by Gasteiger charge is -2.34. The SMILES string of the molecule is CN(Cc1cc(F)ccc1Cl)CC1CC(Cl)C1. The first kappa shape index (κ1) is 13.1. The van der Waals surface area contributed by atoms with Crippen molar-refractivity contribution in [1.29, 1.82) is 0 Å². The predicted octanol–water partition coefficient (Wildman–Crippen LogP) is 3.93. The Morgan fingerprint density at radius 2 is 2.12 bits per heavy atom. The van der Waals surface area contributed by atoms with E-state index in [1.54, 1.807) is 6.07 Å². The first-order valence-electron chi connectivity index (χ1n) is 5.81. The van der Waals surface area contributed by atoms with Crippen molar-refractivity contribution < 1.29 is 4.39 Å². The average molecular weight is 276 g/mol. The van der Waals surface area contributed by atoms with Gasteiger partial charge >= 0.3 is 0 Å². The summed E-state index contributed by atoms with van der Waals surface area (Å²) < 4.78 is 13.1. The second-order valence-electron chi connectivity index (χ2n) is 4.87. The summed E-state index contributed by atoms with van der Waals surface area (Å²) in [5, 5.41) is 0.980. The van der Waals surface area contributed by atoms with Gasteiger partial charge in [0.15, 0.2) is 0 Å². The van der Waals surface area contributed by atoms with Gasteiger partial charge in [0.05, 0.1) is 0 Å². The Morgan fingerprint density at radius 3 is 2.76 bits per heavy atom. The first-order valence-corrected chi connectivity index (χ1v) is 6.62. The van der Waals surface area contributed by atoms with Crippen molar-refractivity contribution in [2.45, 2.75) is 24.8 Å². The van der Waals surface area contributed by atoms with Gasteiger partial charge in [-0.2, -0.15) is 0 Å². The van der Waals surface area contributed by atoms with E-state index in [4.69, 9.17) is 23.2 Å². The molecule has 0 amide bonds. The number of alkyl halides is 1. The zero-order valence-corrected chi connectivity index (χ0v) is 11.3. The van der Waals surface area contributed by atoms with E-state index >= 15 is 0 Å². The van der Waals surface area contributed by atoms with Crippen molar-refractivity contribution >= 4 is 23.2 Å². The zero-order chi connectivity index (χ0) is 12.4.